The van der Waals surface area contributed by atoms with Gasteiger partial charge in [0.1, 0.15) is 0 Å². The summed E-state index contributed by atoms with van der Waals surface area (Å²) in [4.78, 5) is 5.22. The molecule has 1 aliphatic carbocycles. The lowest BCUT2D eigenvalue weighted by atomic mass is 9.83. The van der Waals surface area contributed by atoms with Crippen molar-refractivity contribution in [2.24, 2.45) is 0 Å². The maximum Gasteiger partial charge on any atom is 0.0640 e. The minimum atomic E-state index is -0.0205. The Morgan fingerprint density at radius 1 is 0.389 bits per heavy atom. The second-order valence-corrected chi connectivity index (χ2v) is 22.4. The predicted octanol–water partition coefficient (Wildman–Crippen LogP) is 21.0. The van der Waals surface area contributed by atoms with Crippen LogP contribution in [0.3, 0.4) is 0 Å². The largest absolute Gasteiger partial charge is 0.308 e. The number of hydrogen-bond acceptors (Lipinski definition) is 4. The number of para-hydroxylation sites is 2. The van der Waals surface area contributed by atoms with Gasteiger partial charge < -0.3 is 9.80 Å². The van der Waals surface area contributed by atoms with Gasteiger partial charge in [0.05, 0.1) is 43.5 Å². The highest BCUT2D eigenvalue weighted by molar-refractivity contribution is 7.26. The Morgan fingerprint density at radius 3 is 1.46 bits per heavy atom. The van der Waals surface area contributed by atoms with Gasteiger partial charge in [-0.2, -0.15) is 0 Å². The van der Waals surface area contributed by atoms with Gasteiger partial charge in [-0.3, -0.25) is 0 Å². The third-order valence-corrected chi connectivity index (χ3v) is 17.4. The van der Waals surface area contributed by atoms with E-state index >= 15 is 0 Å². The number of fused-ring (bicyclic) bond motifs is 6. The Morgan fingerprint density at radius 2 is 0.889 bits per heavy atom. The van der Waals surface area contributed by atoms with Crippen molar-refractivity contribution in [1.82, 2.24) is 0 Å². The highest BCUT2D eigenvalue weighted by Crippen LogP contribution is 2.55. The molecule has 0 saturated heterocycles. The van der Waals surface area contributed by atoms with Crippen LogP contribution in [0.25, 0.3) is 89.4 Å². The molecule has 0 aliphatic heterocycles. The summed E-state index contributed by atoms with van der Waals surface area (Å²) in [5.74, 6) is 0. The van der Waals surface area contributed by atoms with Crippen LogP contribution in [-0.4, -0.2) is 0 Å². The lowest BCUT2D eigenvalue weighted by molar-refractivity contribution is 0.591. The summed E-state index contributed by atoms with van der Waals surface area (Å²) in [7, 11) is 0. The summed E-state index contributed by atoms with van der Waals surface area (Å²) in [6.45, 7) is 6.98. The van der Waals surface area contributed by atoms with E-state index in [0.717, 1.165) is 41.3 Å². The van der Waals surface area contributed by atoms with E-state index in [1.54, 1.807) is 0 Å². The van der Waals surface area contributed by atoms with Crippen LogP contribution in [0.4, 0.5) is 34.1 Å². The van der Waals surface area contributed by atoms with E-state index in [-0.39, 0.29) is 5.41 Å². The smallest absolute Gasteiger partial charge is 0.0640 e. The average Bonchev–Trinajstić information content (AvgIpc) is 4.01. The van der Waals surface area contributed by atoms with Gasteiger partial charge in [0.15, 0.2) is 0 Å². The molecule has 0 N–H and O–H groups in total. The minimum absolute atomic E-state index is 0.0205. The molecule has 0 saturated carbocycles. The molecule has 72 heavy (non-hydrogen) atoms. The standard InChI is InChI=1S/C68H50N2S2/c1-68(2,3)47-40-45-36-38-54-60(69(56-30-14-10-24-48(56)43-20-6-4-7-21-43)58-32-18-28-52-50-26-12-16-34-62(50)71-66(52)58)42-61(55-39-37-46(41-47)64(45)65(54)55)70(57-31-15-11-25-49(57)44-22-8-5-9-23-44)59-33-19-29-53-51-27-13-17-35-63(51)72-67(53)59/h4,6-8,10-42H,5,9H2,1-3H3. The normalized spacial score (nSPS) is 13.1. The SMILES string of the molecule is CC(C)(C)c1cc2ccc3c(N(c4ccccc4C4=CCCC=C4)c4cccc5c4sc4ccccc45)cc(N(c4ccccc4-c4ccccc4)c4cccc5c4sc4ccccc45)c4ccc(c1)c2c34. The average molecular weight is 959 g/mol. The Kier molecular flexibility index (Phi) is 10.00. The molecule has 0 spiro atoms. The number of hydrogen-bond donors (Lipinski definition) is 0. The zero-order chi connectivity index (χ0) is 48.1. The lowest BCUT2D eigenvalue weighted by Gasteiger charge is -2.34. The molecule has 0 fully saturated rings. The van der Waals surface area contributed by atoms with Gasteiger partial charge in [-0.25, -0.2) is 0 Å². The predicted molar refractivity (Wildman–Crippen MR) is 316 cm³/mol. The number of rotatable bonds is 8. The quantitative estimate of drug-likeness (QED) is 0.140. The molecule has 1 aliphatic rings. The van der Waals surface area contributed by atoms with Crippen molar-refractivity contribution in [3.63, 3.8) is 0 Å². The second-order valence-electron chi connectivity index (χ2n) is 20.3. The first-order valence-corrected chi connectivity index (χ1v) is 26.8. The second kappa shape index (κ2) is 16.8. The zero-order valence-corrected chi connectivity index (χ0v) is 42.1. The Balaban J connectivity index is 1.17. The molecule has 0 atom stereocenters. The zero-order valence-electron chi connectivity index (χ0n) is 40.5. The van der Waals surface area contributed by atoms with Crippen LogP contribution in [0, 0.1) is 0 Å². The van der Waals surface area contributed by atoms with Crippen LogP contribution < -0.4 is 9.80 Å². The maximum atomic E-state index is 2.62. The number of thiophene rings is 2. The van der Waals surface area contributed by atoms with Crippen molar-refractivity contribution in [3.05, 3.63) is 236 Å². The molecular formula is C68H50N2S2. The number of nitrogens with zero attached hydrogens (tertiary/aromatic N) is 2. The van der Waals surface area contributed by atoms with Crippen molar-refractivity contribution in [3.8, 4) is 11.1 Å². The van der Waals surface area contributed by atoms with Gasteiger partial charge >= 0.3 is 0 Å². The first-order chi connectivity index (χ1) is 35.4. The number of allylic oxidation sites excluding steroid dienone is 4. The molecule has 0 amide bonds. The fourth-order valence-corrected chi connectivity index (χ4v) is 13.9. The van der Waals surface area contributed by atoms with Crippen molar-refractivity contribution in [2.45, 2.75) is 39.0 Å². The van der Waals surface area contributed by atoms with E-state index in [2.05, 4.69) is 255 Å². The molecule has 14 rings (SSSR count). The molecular weight excluding hydrogens is 909 g/mol. The molecule has 4 heteroatoms. The molecule has 2 aromatic heterocycles. The molecule has 11 aromatic carbocycles. The van der Waals surface area contributed by atoms with E-state index in [0.29, 0.717) is 0 Å². The van der Waals surface area contributed by atoms with Crippen molar-refractivity contribution in [1.29, 1.82) is 0 Å². The fourth-order valence-electron chi connectivity index (χ4n) is 11.5. The van der Waals surface area contributed by atoms with Gasteiger partial charge in [-0.1, -0.05) is 203 Å². The Hall–Kier alpha value is -8.02. The van der Waals surface area contributed by atoms with Crippen LogP contribution in [-0.2, 0) is 5.41 Å². The van der Waals surface area contributed by atoms with E-state index in [1.807, 2.05) is 22.7 Å². The third-order valence-electron chi connectivity index (χ3n) is 14.9. The Labute approximate surface area is 428 Å². The summed E-state index contributed by atoms with van der Waals surface area (Å²) in [5, 5.41) is 12.6. The topological polar surface area (TPSA) is 6.48 Å². The third kappa shape index (κ3) is 6.81. The van der Waals surface area contributed by atoms with Crippen LogP contribution >= 0.6 is 22.7 Å². The summed E-state index contributed by atoms with van der Waals surface area (Å²) in [6.07, 6.45) is 9.16. The van der Waals surface area contributed by atoms with Gasteiger partial charge in [0.2, 0.25) is 0 Å². The van der Waals surface area contributed by atoms with Crippen molar-refractivity contribution >= 4 is 135 Å². The summed E-state index contributed by atoms with van der Waals surface area (Å²) in [6, 6.07) is 77.7. The molecule has 0 radical (unpaired) electrons. The minimum Gasteiger partial charge on any atom is -0.308 e. The monoisotopic (exact) mass is 958 g/mol. The maximum absolute atomic E-state index is 2.62. The lowest BCUT2D eigenvalue weighted by Crippen LogP contribution is -2.16. The van der Waals surface area contributed by atoms with Gasteiger partial charge in [0, 0.05) is 58.2 Å². The van der Waals surface area contributed by atoms with Gasteiger partial charge in [-0.05, 0) is 93.6 Å². The van der Waals surface area contributed by atoms with Gasteiger partial charge in [0.25, 0.3) is 0 Å². The first kappa shape index (κ1) is 42.8. The highest BCUT2D eigenvalue weighted by atomic mass is 32.1. The summed E-state index contributed by atoms with van der Waals surface area (Å²) >= 11 is 3.78. The van der Waals surface area contributed by atoms with Crippen LogP contribution in [0.15, 0.2) is 224 Å². The van der Waals surface area contributed by atoms with Crippen LogP contribution in [0.5, 0.6) is 0 Å². The molecule has 2 nitrogen and oxygen atoms in total. The summed E-state index contributed by atoms with van der Waals surface area (Å²) < 4.78 is 5.10. The number of anilines is 6. The van der Waals surface area contributed by atoms with Crippen molar-refractivity contribution < 1.29 is 0 Å². The molecule has 13 aromatic rings. The first-order valence-electron chi connectivity index (χ1n) is 25.1. The molecule has 0 unspecified atom stereocenters. The van der Waals surface area contributed by atoms with Crippen molar-refractivity contribution in [2.75, 3.05) is 9.80 Å². The molecule has 0 bridgehead atoms. The van der Waals surface area contributed by atoms with E-state index in [9.17, 15) is 0 Å². The van der Waals surface area contributed by atoms with Gasteiger partial charge in [-0.15, -0.1) is 22.7 Å². The molecule has 2 heterocycles. The van der Waals surface area contributed by atoms with Crippen LogP contribution in [0.2, 0.25) is 0 Å². The Bertz CT molecular complexity index is 4310. The van der Waals surface area contributed by atoms with E-state index in [1.165, 1.54) is 106 Å². The fraction of sp³-hybridized carbons (Fsp3) is 0.0882. The molecule has 344 valence electrons. The highest BCUT2D eigenvalue weighted by Gasteiger charge is 2.30. The number of benzene rings is 11. The van der Waals surface area contributed by atoms with Crippen LogP contribution in [0.1, 0.15) is 44.7 Å². The summed E-state index contributed by atoms with van der Waals surface area (Å²) in [5.41, 5.74) is 13.0. The van der Waals surface area contributed by atoms with E-state index < -0.39 is 0 Å². The van der Waals surface area contributed by atoms with E-state index in [4.69, 9.17) is 0 Å².